The van der Waals surface area contributed by atoms with E-state index in [1.165, 1.54) is 0 Å². The van der Waals surface area contributed by atoms with Gasteiger partial charge in [0.2, 0.25) is 0 Å². The van der Waals surface area contributed by atoms with Crippen LogP contribution in [0.4, 0.5) is 0 Å². The smallest absolute Gasteiger partial charge is 0.192 e. The van der Waals surface area contributed by atoms with Crippen molar-refractivity contribution in [2.45, 2.75) is 71.1 Å². The quantitative estimate of drug-likeness (QED) is 0.367. The molecule has 0 aliphatic heterocycles. The van der Waals surface area contributed by atoms with E-state index < -0.39 is 8.32 Å². The summed E-state index contributed by atoms with van der Waals surface area (Å²) in [6.07, 6.45) is 3.59. The normalized spacial score (nSPS) is 23.7. The molecule has 2 rings (SSSR count). The molecule has 0 N–H and O–H groups in total. The Morgan fingerprint density at radius 2 is 1.81 bits per heavy atom. The molecule has 1 aromatic rings. The average Bonchev–Trinajstić information content (AvgIpc) is 2.61. The van der Waals surface area contributed by atoms with Gasteiger partial charge in [0.05, 0.1) is 31.8 Å². The van der Waals surface area contributed by atoms with Crippen molar-refractivity contribution in [3.8, 4) is 5.75 Å². The van der Waals surface area contributed by atoms with Gasteiger partial charge in [-0.1, -0.05) is 39.0 Å². The van der Waals surface area contributed by atoms with Crippen LogP contribution in [0.25, 0.3) is 0 Å². The fourth-order valence-corrected chi connectivity index (χ4v) is 4.43. The Morgan fingerprint density at radius 3 is 2.33 bits per heavy atom. The van der Waals surface area contributed by atoms with Gasteiger partial charge in [-0.05, 0) is 54.7 Å². The van der Waals surface area contributed by atoms with Crippen LogP contribution < -0.4 is 4.74 Å². The third-order valence-electron chi connectivity index (χ3n) is 5.90. The molecule has 1 aliphatic carbocycles. The predicted molar refractivity (Wildman–Crippen MR) is 112 cm³/mol. The predicted octanol–water partition coefficient (Wildman–Crippen LogP) is 5.14. The molecule has 0 saturated carbocycles. The van der Waals surface area contributed by atoms with Gasteiger partial charge in [0, 0.05) is 0 Å². The Labute approximate surface area is 165 Å². The third-order valence-corrected chi connectivity index (χ3v) is 10.4. The minimum atomic E-state index is -1.96. The molecule has 3 atom stereocenters. The summed E-state index contributed by atoms with van der Waals surface area (Å²) in [6.45, 7) is 13.6. The van der Waals surface area contributed by atoms with E-state index in [-0.39, 0.29) is 23.2 Å². The molecule has 0 fully saturated rings. The minimum absolute atomic E-state index is 0.107. The SMILES string of the molecule is COc1ccc(CO[C@@H]2C(C)=CC[C@@H](O[Si](C)(C)C(C)(C)C)[C@@H]2C=O)cc1. The molecule has 0 bridgehead atoms. The molecule has 150 valence electrons. The molecule has 0 aromatic heterocycles. The fraction of sp³-hybridized carbons (Fsp3) is 0.591. The lowest BCUT2D eigenvalue weighted by atomic mass is 9.85. The zero-order valence-electron chi connectivity index (χ0n) is 17.7. The Morgan fingerprint density at radius 1 is 1.19 bits per heavy atom. The molecular formula is C22H34O4Si. The summed E-state index contributed by atoms with van der Waals surface area (Å²) in [6, 6.07) is 7.81. The summed E-state index contributed by atoms with van der Waals surface area (Å²) in [7, 11) is -0.305. The molecule has 0 unspecified atom stereocenters. The molecule has 27 heavy (non-hydrogen) atoms. The number of hydrogen-bond acceptors (Lipinski definition) is 4. The number of methoxy groups -OCH3 is 1. The highest BCUT2D eigenvalue weighted by molar-refractivity contribution is 6.74. The number of ether oxygens (including phenoxy) is 2. The van der Waals surface area contributed by atoms with Crippen molar-refractivity contribution in [2.24, 2.45) is 5.92 Å². The molecule has 1 aromatic carbocycles. The average molecular weight is 391 g/mol. The topological polar surface area (TPSA) is 44.8 Å². The number of rotatable bonds is 7. The van der Waals surface area contributed by atoms with E-state index in [1.54, 1.807) is 7.11 Å². The van der Waals surface area contributed by atoms with Crippen LogP contribution in [0.2, 0.25) is 18.1 Å². The van der Waals surface area contributed by atoms with Gasteiger partial charge in [-0.3, -0.25) is 0 Å². The first-order valence-electron chi connectivity index (χ1n) is 9.63. The van der Waals surface area contributed by atoms with Crippen LogP contribution in [-0.2, 0) is 20.6 Å². The Kier molecular flexibility index (Phi) is 7.06. The highest BCUT2D eigenvalue weighted by Crippen LogP contribution is 2.40. The van der Waals surface area contributed by atoms with Crippen LogP contribution in [0.5, 0.6) is 5.75 Å². The van der Waals surface area contributed by atoms with Crippen LogP contribution in [0, 0.1) is 5.92 Å². The molecule has 5 heteroatoms. The van der Waals surface area contributed by atoms with E-state index in [9.17, 15) is 4.79 Å². The maximum absolute atomic E-state index is 12.0. The van der Waals surface area contributed by atoms with Crippen molar-refractivity contribution in [1.82, 2.24) is 0 Å². The lowest BCUT2D eigenvalue weighted by Gasteiger charge is -2.43. The second kappa shape index (κ2) is 8.72. The highest BCUT2D eigenvalue weighted by atomic mass is 28.4. The molecule has 0 amide bonds. The van der Waals surface area contributed by atoms with Crippen molar-refractivity contribution in [3.63, 3.8) is 0 Å². The Bertz CT molecular complexity index is 658. The summed E-state index contributed by atoms with van der Waals surface area (Å²) in [4.78, 5) is 12.0. The van der Waals surface area contributed by atoms with Crippen molar-refractivity contribution >= 4 is 14.6 Å². The van der Waals surface area contributed by atoms with E-state index in [2.05, 4.69) is 39.9 Å². The summed E-state index contributed by atoms with van der Waals surface area (Å²) < 4.78 is 18.0. The Hall–Kier alpha value is -1.43. The van der Waals surface area contributed by atoms with Crippen molar-refractivity contribution in [3.05, 3.63) is 41.5 Å². The van der Waals surface area contributed by atoms with Gasteiger partial charge in [-0.2, -0.15) is 0 Å². The van der Waals surface area contributed by atoms with E-state index in [0.717, 1.165) is 29.6 Å². The van der Waals surface area contributed by atoms with Gasteiger partial charge in [0.1, 0.15) is 12.0 Å². The number of carbonyl (C=O) groups excluding carboxylic acids is 1. The largest absolute Gasteiger partial charge is 0.497 e. The summed E-state index contributed by atoms with van der Waals surface area (Å²) in [5.74, 6) is 0.545. The van der Waals surface area contributed by atoms with E-state index in [4.69, 9.17) is 13.9 Å². The Balaban J connectivity index is 2.11. The van der Waals surface area contributed by atoms with Gasteiger partial charge in [0.25, 0.3) is 0 Å². The van der Waals surface area contributed by atoms with E-state index in [1.807, 2.05) is 31.2 Å². The van der Waals surface area contributed by atoms with E-state index >= 15 is 0 Å². The summed E-state index contributed by atoms with van der Waals surface area (Å²) in [5.41, 5.74) is 2.16. The first-order chi connectivity index (χ1) is 12.6. The second-order valence-corrected chi connectivity index (χ2v) is 13.6. The lowest BCUT2D eigenvalue weighted by Crippen LogP contribution is -2.49. The number of carbonyl (C=O) groups is 1. The monoisotopic (exact) mass is 390 g/mol. The first kappa shape index (κ1) is 21.9. The maximum Gasteiger partial charge on any atom is 0.192 e. The fourth-order valence-electron chi connectivity index (χ4n) is 3.07. The van der Waals surface area contributed by atoms with Gasteiger partial charge in [-0.25, -0.2) is 0 Å². The standard InChI is InChI=1S/C22H34O4Si/c1-16-8-13-20(26-27(6,7)22(2,3)4)19(14-23)21(16)25-15-17-9-11-18(24-5)12-10-17/h8-12,14,19-21H,13,15H2,1-7H3/t19-,20+,21+/m0/s1. The molecule has 4 nitrogen and oxygen atoms in total. The van der Waals surface area contributed by atoms with Crippen LogP contribution in [0.3, 0.4) is 0 Å². The number of benzene rings is 1. The third kappa shape index (κ3) is 5.30. The van der Waals surface area contributed by atoms with Crippen molar-refractivity contribution in [2.75, 3.05) is 7.11 Å². The van der Waals surface area contributed by atoms with Crippen molar-refractivity contribution in [1.29, 1.82) is 0 Å². The minimum Gasteiger partial charge on any atom is -0.497 e. The maximum atomic E-state index is 12.0. The molecule has 0 heterocycles. The molecule has 0 saturated heterocycles. The molecule has 1 aliphatic rings. The first-order valence-corrected chi connectivity index (χ1v) is 12.5. The molecule has 0 radical (unpaired) electrons. The van der Waals surface area contributed by atoms with Gasteiger partial charge in [-0.15, -0.1) is 0 Å². The van der Waals surface area contributed by atoms with Crippen LogP contribution in [0.15, 0.2) is 35.9 Å². The number of aldehydes is 1. The van der Waals surface area contributed by atoms with Crippen molar-refractivity contribution < 1.29 is 18.7 Å². The van der Waals surface area contributed by atoms with Crippen LogP contribution >= 0.6 is 0 Å². The van der Waals surface area contributed by atoms with Gasteiger partial charge < -0.3 is 18.7 Å². The zero-order valence-corrected chi connectivity index (χ0v) is 18.7. The van der Waals surface area contributed by atoms with Gasteiger partial charge >= 0.3 is 0 Å². The van der Waals surface area contributed by atoms with E-state index in [0.29, 0.717) is 6.61 Å². The molecule has 0 spiro atoms. The summed E-state index contributed by atoms with van der Waals surface area (Å²) >= 11 is 0. The van der Waals surface area contributed by atoms with Crippen LogP contribution in [0.1, 0.15) is 39.7 Å². The second-order valence-electron chi connectivity index (χ2n) is 8.89. The number of hydrogen-bond donors (Lipinski definition) is 0. The lowest BCUT2D eigenvalue weighted by molar-refractivity contribution is -0.121. The summed E-state index contributed by atoms with van der Waals surface area (Å²) in [5, 5.41) is 0.107. The van der Waals surface area contributed by atoms with Gasteiger partial charge in [0.15, 0.2) is 8.32 Å². The molecular weight excluding hydrogens is 356 g/mol. The van der Waals surface area contributed by atoms with Crippen LogP contribution in [-0.4, -0.2) is 33.9 Å². The highest BCUT2D eigenvalue weighted by Gasteiger charge is 2.43. The zero-order chi connectivity index (χ0) is 20.2.